The van der Waals surface area contributed by atoms with Gasteiger partial charge in [-0.05, 0) is 85.7 Å². The topological polar surface area (TPSA) is 137 Å². The summed E-state index contributed by atoms with van der Waals surface area (Å²) in [6.45, 7) is 6.49. The molecule has 2 aliphatic heterocycles. The number of benzene rings is 2. The first-order valence-electron chi connectivity index (χ1n) is 17.4. The Balaban J connectivity index is 1.48. The van der Waals surface area contributed by atoms with E-state index >= 15 is 0 Å². The van der Waals surface area contributed by atoms with Crippen LogP contribution >= 0.6 is 0 Å². The number of hydrogen-bond donors (Lipinski definition) is 2. The number of carbonyl (C=O) groups is 2. The van der Waals surface area contributed by atoms with E-state index in [1.807, 2.05) is 27.8 Å². The molecule has 0 radical (unpaired) electrons. The molecule has 2 aromatic carbocycles. The maximum Gasteiger partial charge on any atom is 0.301 e. The van der Waals surface area contributed by atoms with Crippen molar-refractivity contribution < 1.29 is 27.5 Å². The van der Waals surface area contributed by atoms with Gasteiger partial charge in [-0.1, -0.05) is 25.3 Å². The number of amides is 2. The summed E-state index contributed by atoms with van der Waals surface area (Å²) in [5.41, 5.74) is 7.49. The lowest BCUT2D eigenvalue weighted by Gasteiger charge is -2.27. The molecule has 1 saturated carbocycles. The Morgan fingerprint density at radius 1 is 1.02 bits per heavy atom. The van der Waals surface area contributed by atoms with Crippen LogP contribution in [0.25, 0.3) is 33.8 Å². The van der Waals surface area contributed by atoms with Crippen molar-refractivity contribution in [3.8, 4) is 17.0 Å². The standard InChI is InChI=1S/C37H44N6O6S/c1-23(2)43-34(31(21-39-43)37(45)41-14-16-49-17-15-41)27-18-26-19-28(48-4)11-13-29(26)35-33(24-8-6-5-7-9-24)30-12-10-25(20-32(30)42(35)22-27)36(44)40-50(46,47)38-3/h10-13,18-21,23-24,38H,5-9,14-17,22H2,1-4H3,(H,40,44). The van der Waals surface area contributed by atoms with Crippen LogP contribution in [-0.4, -0.2) is 79.9 Å². The van der Waals surface area contributed by atoms with E-state index in [4.69, 9.17) is 14.6 Å². The molecule has 2 amide bonds. The van der Waals surface area contributed by atoms with Crippen LogP contribution in [0, 0.1) is 0 Å². The summed E-state index contributed by atoms with van der Waals surface area (Å²) in [5, 5.41) is 5.78. The number of allylic oxidation sites excluding steroid dienone is 1. The fourth-order valence-corrected chi connectivity index (χ4v) is 8.19. The molecule has 1 saturated heterocycles. The van der Waals surface area contributed by atoms with Gasteiger partial charge in [0.05, 0.1) is 50.0 Å². The largest absolute Gasteiger partial charge is 0.497 e. The van der Waals surface area contributed by atoms with Gasteiger partial charge in [0.1, 0.15) is 5.75 Å². The van der Waals surface area contributed by atoms with Gasteiger partial charge < -0.3 is 18.9 Å². The van der Waals surface area contributed by atoms with E-state index in [0.29, 0.717) is 44.3 Å². The average Bonchev–Trinajstić information content (AvgIpc) is 3.66. The maximum absolute atomic E-state index is 14.1. The second kappa shape index (κ2) is 13.7. The third-order valence-corrected chi connectivity index (χ3v) is 11.2. The van der Waals surface area contributed by atoms with Crippen LogP contribution in [0.5, 0.6) is 5.75 Å². The molecule has 2 fully saturated rings. The first-order valence-corrected chi connectivity index (χ1v) is 18.8. The minimum atomic E-state index is -4.01. The number of nitrogens with zero attached hydrogens (tertiary/aromatic N) is 4. The number of ether oxygens (including phenoxy) is 2. The molecule has 50 heavy (non-hydrogen) atoms. The Kier molecular flexibility index (Phi) is 9.31. The molecule has 13 heteroatoms. The molecule has 264 valence electrons. The Bertz CT molecular complexity index is 2100. The first kappa shape index (κ1) is 34.0. The van der Waals surface area contributed by atoms with Crippen LogP contribution in [-0.2, 0) is 21.5 Å². The second-order valence-corrected chi connectivity index (χ2v) is 15.1. The molecule has 12 nitrogen and oxygen atoms in total. The molecular formula is C37H44N6O6S. The number of aromatic nitrogens is 3. The SMILES string of the molecule is CNS(=O)(=O)NC(=O)c1ccc2c(C3CCCCC3)c3n(c2c1)CC(c1c(C(=O)N2CCOCC2)cnn1C(C)C)=Cc1cc(OC)ccc1-3. The zero-order valence-corrected chi connectivity index (χ0v) is 29.8. The minimum Gasteiger partial charge on any atom is -0.497 e. The summed E-state index contributed by atoms with van der Waals surface area (Å²) >= 11 is 0. The number of fused-ring (bicyclic) bond motifs is 5. The smallest absolute Gasteiger partial charge is 0.301 e. The minimum absolute atomic E-state index is 0.0340. The van der Waals surface area contributed by atoms with E-state index in [9.17, 15) is 18.0 Å². The zero-order chi connectivity index (χ0) is 35.2. The van der Waals surface area contributed by atoms with Crippen LogP contribution in [0.2, 0.25) is 0 Å². The van der Waals surface area contributed by atoms with Gasteiger partial charge in [-0.25, -0.2) is 9.44 Å². The van der Waals surface area contributed by atoms with Gasteiger partial charge in [-0.15, -0.1) is 0 Å². The van der Waals surface area contributed by atoms with Crippen LogP contribution in [0.3, 0.4) is 0 Å². The lowest BCUT2D eigenvalue weighted by Crippen LogP contribution is -2.41. The Morgan fingerprint density at radius 2 is 1.78 bits per heavy atom. The number of methoxy groups -OCH3 is 1. The Morgan fingerprint density at radius 3 is 2.48 bits per heavy atom. The summed E-state index contributed by atoms with van der Waals surface area (Å²) in [6.07, 6.45) is 9.41. The van der Waals surface area contributed by atoms with Crippen LogP contribution < -0.4 is 14.2 Å². The van der Waals surface area contributed by atoms with Crippen LogP contribution in [0.4, 0.5) is 0 Å². The highest BCUT2D eigenvalue weighted by Gasteiger charge is 2.33. The lowest BCUT2D eigenvalue weighted by atomic mass is 9.81. The normalized spacial score (nSPS) is 16.9. The Hall–Kier alpha value is -4.46. The van der Waals surface area contributed by atoms with Crippen molar-refractivity contribution in [2.24, 2.45) is 0 Å². The Labute approximate surface area is 292 Å². The number of carbonyl (C=O) groups excluding carboxylic acids is 2. The molecule has 1 aliphatic carbocycles. The van der Waals surface area contributed by atoms with Crippen LogP contribution in [0.1, 0.15) is 95.4 Å². The molecule has 4 aromatic rings. The van der Waals surface area contributed by atoms with Crippen molar-refractivity contribution in [1.82, 2.24) is 28.7 Å². The number of rotatable bonds is 8. The molecule has 7 rings (SSSR count). The lowest BCUT2D eigenvalue weighted by molar-refractivity contribution is 0.0302. The predicted molar refractivity (Wildman–Crippen MR) is 192 cm³/mol. The molecule has 0 atom stereocenters. The zero-order valence-electron chi connectivity index (χ0n) is 29.0. The van der Waals surface area contributed by atoms with Crippen molar-refractivity contribution in [1.29, 1.82) is 0 Å². The van der Waals surface area contributed by atoms with Crippen molar-refractivity contribution in [2.75, 3.05) is 40.5 Å². The highest BCUT2D eigenvalue weighted by molar-refractivity contribution is 7.88. The highest BCUT2D eigenvalue weighted by Crippen LogP contribution is 2.48. The molecule has 4 heterocycles. The maximum atomic E-state index is 14.1. The summed E-state index contributed by atoms with van der Waals surface area (Å²) in [7, 11) is -1.10. The van der Waals surface area contributed by atoms with Crippen molar-refractivity contribution in [2.45, 2.75) is 64.5 Å². The third-order valence-electron chi connectivity index (χ3n) is 10.2. The van der Waals surface area contributed by atoms with Crippen molar-refractivity contribution in [3.63, 3.8) is 0 Å². The highest BCUT2D eigenvalue weighted by atomic mass is 32.2. The third kappa shape index (κ3) is 6.22. The van der Waals surface area contributed by atoms with E-state index in [2.05, 4.69) is 40.0 Å². The van der Waals surface area contributed by atoms with Gasteiger partial charge in [0.2, 0.25) is 0 Å². The van der Waals surface area contributed by atoms with Gasteiger partial charge in [0.25, 0.3) is 11.8 Å². The van der Waals surface area contributed by atoms with Gasteiger partial charge >= 0.3 is 10.2 Å². The van der Waals surface area contributed by atoms with Gasteiger partial charge in [0, 0.05) is 48.2 Å². The van der Waals surface area contributed by atoms with E-state index < -0.39 is 16.1 Å². The molecule has 0 spiro atoms. The monoisotopic (exact) mass is 700 g/mol. The summed E-state index contributed by atoms with van der Waals surface area (Å²) < 4.78 is 44.2. The van der Waals surface area contributed by atoms with Crippen molar-refractivity contribution in [3.05, 3.63) is 70.5 Å². The number of morpholine rings is 1. The van der Waals surface area contributed by atoms with E-state index in [-0.39, 0.29) is 17.5 Å². The molecule has 0 unspecified atom stereocenters. The summed E-state index contributed by atoms with van der Waals surface area (Å²) in [4.78, 5) is 29.2. The average molecular weight is 701 g/mol. The molecule has 3 aliphatic rings. The van der Waals surface area contributed by atoms with E-state index in [1.54, 1.807) is 25.4 Å². The fraction of sp³-hybridized carbons (Fsp3) is 0.432. The first-order chi connectivity index (χ1) is 24.1. The summed E-state index contributed by atoms with van der Waals surface area (Å²) in [5.74, 6) is 0.219. The van der Waals surface area contributed by atoms with E-state index in [1.165, 1.54) is 19.0 Å². The second-order valence-electron chi connectivity index (χ2n) is 13.5. The fourth-order valence-electron chi connectivity index (χ4n) is 7.73. The van der Waals surface area contributed by atoms with Gasteiger partial charge in [-0.2, -0.15) is 13.5 Å². The van der Waals surface area contributed by atoms with Gasteiger partial charge in [0.15, 0.2) is 0 Å². The molecular weight excluding hydrogens is 657 g/mol. The molecule has 0 bridgehead atoms. The number of nitrogens with one attached hydrogen (secondary N) is 2. The van der Waals surface area contributed by atoms with Crippen LogP contribution in [0.15, 0.2) is 42.6 Å². The number of hydrogen-bond acceptors (Lipinski definition) is 7. The predicted octanol–water partition coefficient (Wildman–Crippen LogP) is 5.36. The molecule has 2 N–H and O–H groups in total. The quantitative estimate of drug-likeness (QED) is 0.253. The van der Waals surface area contributed by atoms with Crippen molar-refractivity contribution >= 4 is 44.6 Å². The van der Waals surface area contributed by atoms with Gasteiger partial charge in [-0.3, -0.25) is 14.3 Å². The molecule has 2 aromatic heterocycles. The summed E-state index contributed by atoms with van der Waals surface area (Å²) in [6, 6.07) is 11.5. The van der Waals surface area contributed by atoms with E-state index in [0.717, 1.165) is 70.4 Å².